The molecule has 0 spiro atoms. The summed E-state index contributed by atoms with van der Waals surface area (Å²) in [7, 11) is 1.75. The van der Waals surface area contributed by atoms with E-state index in [0.29, 0.717) is 0 Å². The van der Waals surface area contributed by atoms with E-state index in [4.69, 9.17) is 9.84 Å². The molecule has 1 saturated heterocycles. The number of thiazole rings is 1. The summed E-state index contributed by atoms with van der Waals surface area (Å²) in [5, 5.41) is 9.87. The Kier molecular flexibility index (Phi) is 3.82. The van der Waals surface area contributed by atoms with Crippen molar-refractivity contribution in [3.63, 3.8) is 0 Å². The van der Waals surface area contributed by atoms with E-state index in [9.17, 15) is 4.79 Å². The van der Waals surface area contributed by atoms with Gasteiger partial charge in [-0.2, -0.15) is 0 Å². The number of ether oxygens (including phenoxy) is 1. The summed E-state index contributed by atoms with van der Waals surface area (Å²) >= 11 is 1.45. The molecular weight excluding hydrogens is 264 g/mol. The molecule has 0 radical (unpaired) electrons. The summed E-state index contributed by atoms with van der Waals surface area (Å²) < 4.78 is 5.52. The predicted molar refractivity (Wildman–Crippen MR) is 75.2 cm³/mol. The van der Waals surface area contributed by atoms with Crippen LogP contribution in [0.2, 0.25) is 0 Å². The normalized spacial score (nSPS) is 22.5. The number of hydrogen-bond donors (Lipinski definition) is 1. The van der Waals surface area contributed by atoms with Gasteiger partial charge in [-0.15, -0.1) is 11.3 Å². The number of aryl methyl sites for hydroxylation is 1. The van der Waals surface area contributed by atoms with Gasteiger partial charge in [-0.05, 0) is 13.3 Å². The standard InChI is InChI=1S/C13H20N2O3S/c1-8-10(11(16)17)14-12(19-8)15-6-5-9(18-4)13(2,3)7-15/h9H,5-7H2,1-4H3,(H,16,17). The monoisotopic (exact) mass is 284 g/mol. The van der Waals surface area contributed by atoms with Crippen LogP contribution in [0.15, 0.2) is 0 Å². The molecule has 0 saturated carbocycles. The van der Waals surface area contributed by atoms with Crippen molar-refractivity contribution in [1.82, 2.24) is 4.98 Å². The third-order valence-electron chi connectivity index (χ3n) is 3.67. The Morgan fingerprint density at radius 3 is 2.74 bits per heavy atom. The summed E-state index contributed by atoms with van der Waals surface area (Å²) in [6, 6.07) is 0. The zero-order valence-corrected chi connectivity index (χ0v) is 12.6. The smallest absolute Gasteiger partial charge is 0.355 e. The maximum absolute atomic E-state index is 11.0. The maximum Gasteiger partial charge on any atom is 0.355 e. The number of anilines is 1. The van der Waals surface area contributed by atoms with E-state index in [1.54, 1.807) is 14.0 Å². The molecule has 1 N–H and O–H groups in total. The van der Waals surface area contributed by atoms with Crippen molar-refractivity contribution in [2.45, 2.75) is 33.3 Å². The molecule has 0 aliphatic carbocycles. The highest BCUT2D eigenvalue weighted by atomic mass is 32.1. The molecule has 0 bridgehead atoms. The molecule has 2 heterocycles. The van der Waals surface area contributed by atoms with Gasteiger partial charge in [0.1, 0.15) is 0 Å². The first-order valence-corrected chi connectivity index (χ1v) is 7.15. The van der Waals surface area contributed by atoms with Crippen LogP contribution >= 0.6 is 11.3 Å². The van der Waals surface area contributed by atoms with Gasteiger partial charge in [-0.25, -0.2) is 9.78 Å². The zero-order chi connectivity index (χ0) is 14.2. The van der Waals surface area contributed by atoms with Gasteiger partial charge in [0, 0.05) is 30.5 Å². The molecule has 2 rings (SSSR count). The Labute approximate surface area is 117 Å². The van der Waals surface area contributed by atoms with Crippen molar-refractivity contribution in [3.05, 3.63) is 10.6 Å². The minimum absolute atomic E-state index is 0.0377. The van der Waals surface area contributed by atoms with Gasteiger partial charge < -0.3 is 14.7 Å². The Hall–Kier alpha value is -1.14. The van der Waals surface area contributed by atoms with Gasteiger partial charge in [0.05, 0.1) is 6.10 Å². The molecule has 1 aromatic heterocycles. The SMILES string of the molecule is COC1CCN(c2nc(C(=O)O)c(C)s2)CC1(C)C. The molecule has 1 atom stereocenters. The van der Waals surface area contributed by atoms with Gasteiger partial charge in [0.15, 0.2) is 10.8 Å². The molecule has 1 fully saturated rings. The fourth-order valence-electron chi connectivity index (χ4n) is 2.65. The average molecular weight is 284 g/mol. The molecule has 1 aromatic rings. The van der Waals surface area contributed by atoms with Crippen molar-refractivity contribution in [2.75, 3.05) is 25.1 Å². The summed E-state index contributed by atoms with van der Waals surface area (Å²) in [6.45, 7) is 7.83. The lowest BCUT2D eigenvalue weighted by Gasteiger charge is -2.43. The highest BCUT2D eigenvalue weighted by Crippen LogP contribution is 2.35. The fourth-order valence-corrected chi connectivity index (χ4v) is 3.58. The number of rotatable bonds is 3. The van der Waals surface area contributed by atoms with Crippen molar-refractivity contribution in [3.8, 4) is 0 Å². The Bertz CT molecular complexity index is 484. The second-order valence-corrected chi connectivity index (χ2v) is 6.81. The molecule has 0 amide bonds. The third kappa shape index (κ3) is 2.74. The molecule has 1 unspecified atom stereocenters. The van der Waals surface area contributed by atoms with Crippen molar-refractivity contribution in [1.29, 1.82) is 0 Å². The lowest BCUT2D eigenvalue weighted by atomic mass is 9.81. The largest absolute Gasteiger partial charge is 0.476 e. The number of aromatic nitrogens is 1. The summed E-state index contributed by atoms with van der Waals surface area (Å²) in [6.07, 6.45) is 1.17. The topological polar surface area (TPSA) is 62.7 Å². The number of hydrogen-bond acceptors (Lipinski definition) is 5. The first-order chi connectivity index (χ1) is 8.85. The van der Waals surface area contributed by atoms with Crippen molar-refractivity contribution >= 4 is 22.4 Å². The van der Waals surface area contributed by atoms with Crippen LogP contribution in [0.3, 0.4) is 0 Å². The van der Waals surface area contributed by atoms with Crippen molar-refractivity contribution < 1.29 is 14.6 Å². The molecule has 1 aliphatic rings. The quantitative estimate of drug-likeness (QED) is 0.923. The van der Waals surface area contributed by atoms with Crippen LogP contribution < -0.4 is 4.90 Å². The molecule has 1 aliphatic heterocycles. The first kappa shape index (κ1) is 14.3. The molecular formula is C13H20N2O3S. The van der Waals surface area contributed by atoms with Crippen molar-refractivity contribution in [2.24, 2.45) is 5.41 Å². The van der Waals surface area contributed by atoms with E-state index in [0.717, 1.165) is 29.5 Å². The zero-order valence-electron chi connectivity index (χ0n) is 11.8. The number of methoxy groups -OCH3 is 1. The van der Waals surface area contributed by atoms with Gasteiger partial charge in [0.2, 0.25) is 0 Å². The average Bonchev–Trinajstić information content (AvgIpc) is 2.70. The first-order valence-electron chi connectivity index (χ1n) is 6.33. The van der Waals surface area contributed by atoms with Crippen LogP contribution in [-0.2, 0) is 4.74 Å². The second kappa shape index (κ2) is 5.09. The molecule has 106 valence electrons. The fraction of sp³-hybridized carbons (Fsp3) is 0.692. The molecule has 5 nitrogen and oxygen atoms in total. The number of nitrogens with zero attached hydrogens (tertiary/aromatic N) is 2. The molecule has 19 heavy (non-hydrogen) atoms. The van der Waals surface area contributed by atoms with Crippen LogP contribution in [0.1, 0.15) is 35.6 Å². The lowest BCUT2D eigenvalue weighted by molar-refractivity contribution is -0.00629. The van der Waals surface area contributed by atoms with Crippen LogP contribution in [-0.4, -0.2) is 42.4 Å². The Morgan fingerprint density at radius 1 is 1.58 bits per heavy atom. The van der Waals surface area contributed by atoms with Gasteiger partial charge >= 0.3 is 5.97 Å². The minimum Gasteiger partial charge on any atom is -0.476 e. The number of carboxylic acids is 1. The lowest BCUT2D eigenvalue weighted by Crippen LogP contribution is -2.49. The summed E-state index contributed by atoms with van der Waals surface area (Å²) in [5.74, 6) is -0.953. The number of aromatic carboxylic acids is 1. The number of piperidine rings is 1. The van der Waals surface area contributed by atoms with Gasteiger partial charge in [-0.3, -0.25) is 0 Å². The van der Waals surface area contributed by atoms with E-state index >= 15 is 0 Å². The van der Waals surface area contributed by atoms with Crippen LogP contribution in [0.25, 0.3) is 0 Å². The van der Waals surface area contributed by atoms with E-state index in [2.05, 4.69) is 23.7 Å². The molecule has 0 aromatic carbocycles. The maximum atomic E-state index is 11.0. The van der Waals surface area contributed by atoms with Gasteiger partial charge in [-0.1, -0.05) is 13.8 Å². The highest BCUT2D eigenvalue weighted by Gasteiger charge is 2.37. The predicted octanol–water partition coefficient (Wildman–Crippen LogP) is 2.40. The van der Waals surface area contributed by atoms with Gasteiger partial charge in [0.25, 0.3) is 0 Å². The highest BCUT2D eigenvalue weighted by molar-refractivity contribution is 7.15. The second-order valence-electron chi connectivity index (χ2n) is 5.63. The van der Waals surface area contributed by atoms with Crippen LogP contribution in [0.5, 0.6) is 0 Å². The van der Waals surface area contributed by atoms with E-state index < -0.39 is 5.97 Å². The summed E-state index contributed by atoms with van der Waals surface area (Å²) in [4.78, 5) is 18.2. The van der Waals surface area contributed by atoms with Crippen LogP contribution in [0.4, 0.5) is 5.13 Å². The Morgan fingerprint density at radius 2 is 2.26 bits per heavy atom. The summed E-state index contributed by atoms with van der Waals surface area (Å²) in [5.41, 5.74) is 0.211. The van der Waals surface area contributed by atoms with Crippen LogP contribution in [0, 0.1) is 12.3 Å². The molecule has 6 heteroatoms. The van der Waals surface area contributed by atoms with E-state index in [-0.39, 0.29) is 17.2 Å². The number of carboxylic acid groups (broad SMARTS) is 1. The van der Waals surface area contributed by atoms with E-state index in [1.807, 2.05) is 0 Å². The Balaban J connectivity index is 2.20. The number of carbonyl (C=O) groups is 1. The third-order valence-corrected chi connectivity index (χ3v) is 4.71. The van der Waals surface area contributed by atoms with E-state index in [1.165, 1.54) is 11.3 Å². The minimum atomic E-state index is -0.953.